The van der Waals surface area contributed by atoms with E-state index in [4.69, 9.17) is 19.7 Å². The van der Waals surface area contributed by atoms with Gasteiger partial charge in [0.2, 0.25) is 6.23 Å². The van der Waals surface area contributed by atoms with Crippen molar-refractivity contribution >= 4 is 21.5 Å². The Labute approximate surface area is 130 Å². The molecule has 111 valence electrons. The number of benzene rings is 1. The first kappa shape index (κ1) is 15.7. The minimum Gasteiger partial charge on any atom is -0.491 e. The van der Waals surface area contributed by atoms with Crippen molar-refractivity contribution in [3.05, 3.63) is 46.4 Å². The Kier molecular flexibility index (Phi) is 5.46. The molecular formula is C14H13BrFN2O3. The topological polar surface area (TPSA) is 62.3 Å². The van der Waals surface area contributed by atoms with E-state index in [1.807, 2.05) is 0 Å². The van der Waals surface area contributed by atoms with Crippen molar-refractivity contribution in [2.45, 2.75) is 6.23 Å². The molecule has 1 heterocycles. The highest BCUT2D eigenvalue weighted by atomic mass is 79.9. The van der Waals surface area contributed by atoms with E-state index in [1.54, 1.807) is 25.3 Å². The minimum absolute atomic E-state index is 0.271. The Morgan fingerprint density at radius 2 is 2.24 bits per heavy atom. The third kappa shape index (κ3) is 3.68. The Bertz CT molecular complexity index is 590. The SMILES string of the molecule is COCCOc1ccc(C2=C(Br)C=COC2N=[N])c(F)c1. The predicted molar refractivity (Wildman–Crippen MR) is 78.2 cm³/mol. The third-order valence-electron chi connectivity index (χ3n) is 2.82. The molecule has 1 aliphatic rings. The van der Waals surface area contributed by atoms with E-state index in [0.717, 1.165) is 0 Å². The number of hydrogen-bond acceptors (Lipinski definition) is 4. The number of nitrogens with zero attached hydrogens (tertiary/aromatic N) is 2. The van der Waals surface area contributed by atoms with Crippen molar-refractivity contribution in [2.24, 2.45) is 5.11 Å². The second kappa shape index (κ2) is 7.33. The fourth-order valence-corrected chi connectivity index (χ4v) is 2.36. The summed E-state index contributed by atoms with van der Waals surface area (Å²) in [5.41, 5.74) is 9.65. The highest BCUT2D eigenvalue weighted by Gasteiger charge is 2.24. The standard InChI is InChI=1S/C14H13BrFN2O3/c1-19-6-7-20-9-2-3-10(12(16)8-9)13-11(15)4-5-21-14(13)18-17/h2-5,8,14H,6-7H2,1H3. The summed E-state index contributed by atoms with van der Waals surface area (Å²) in [6.45, 7) is 0.756. The lowest BCUT2D eigenvalue weighted by atomic mass is 10.0. The summed E-state index contributed by atoms with van der Waals surface area (Å²) in [6.07, 6.45) is 2.01. The van der Waals surface area contributed by atoms with Crippen molar-refractivity contribution < 1.29 is 18.6 Å². The molecule has 1 aromatic carbocycles. The highest BCUT2D eigenvalue weighted by Crippen LogP contribution is 2.34. The van der Waals surface area contributed by atoms with Crippen molar-refractivity contribution in [1.82, 2.24) is 5.53 Å². The van der Waals surface area contributed by atoms with Gasteiger partial charge < -0.3 is 14.2 Å². The second-order valence-electron chi connectivity index (χ2n) is 4.15. The number of rotatable bonds is 6. The molecule has 1 radical (unpaired) electrons. The van der Waals surface area contributed by atoms with Crippen LogP contribution in [-0.4, -0.2) is 26.6 Å². The van der Waals surface area contributed by atoms with Crippen LogP contribution in [0.15, 0.2) is 40.1 Å². The van der Waals surface area contributed by atoms with Crippen LogP contribution in [0.25, 0.3) is 5.57 Å². The summed E-state index contributed by atoms with van der Waals surface area (Å²) in [4.78, 5) is 0. The first-order valence-corrected chi connectivity index (χ1v) is 6.94. The van der Waals surface area contributed by atoms with Crippen LogP contribution in [0.2, 0.25) is 0 Å². The molecule has 0 spiro atoms. The van der Waals surface area contributed by atoms with E-state index < -0.39 is 12.0 Å². The van der Waals surface area contributed by atoms with Gasteiger partial charge in [0.15, 0.2) is 0 Å². The van der Waals surface area contributed by atoms with Gasteiger partial charge >= 0.3 is 0 Å². The Morgan fingerprint density at radius 3 is 2.90 bits per heavy atom. The average Bonchev–Trinajstić information content (AvgIpc) is 2.48. The van der Waals surface area contributed by atoms with E-state index in [9.17, 15) is 4.39 Å². The Hall–Kier alpha value is -1.73. The number of ether oxygens (including phenoxy) is 3. The van der Waals surface area contributed by atoms with Crippen LogP contribution in [0.4, 0.5) is 4.39 Å². The van der Waals surface area contributed by atoms with Crippen molar-refractivity contribution in [1.29, 1.82) is 0 Å². The van der Waals surface area contributed by atoms with Crippen molar-refractivity contribution in [2.75, 3.05) is 20.3 Å². The van der Waals surface area contributed by atoms with Crippen molar-refractivity contribution in [3.8, 4) is 5.75 Å². The maximum absolute atomic E-state index is 14.3. The van der Waals surface area contributed by atoms with Crippen LogP contribution < -0.4 is 10.3 Å². The van der Waals surface area contributed by atoms with E-state index in [-0.39, 0.29) is 5.56 Å². The molecule has 0 saturated heterocycles. The van der Waals surface area contributed by atoms with Gasteiger partial charge in [-0.3, -0.25) is 0 Å². The fourth-order valence-electron chi connectivity index (χ4n) is 1.84. The third-order valence-corrected chi connectivity index (χ3v) is 3.51. The van der Waals surface area contributed by atoms with E-state index in [2.05, 4.69) is 21.0 Å². The van der Waals surface area contributed by atoms with Crippen LogP contribution in [0.5, 0.6) is 5.75 Å². The molecule has 1 aliphatic heterocycles. The van der Waals surface area contributed by atoms with E-state index >= 15 is 0 Å². The molecule has 1 aromatic rings. The molecule has 1 atom stereocenters. The molecule has 21 heavy (non-hydrogen) atoms. The molecule has 0 bridgehead atoms. The fraction of sp³-hybridized carbons (Fsp3) is 0.286. The monoisotopic (exact) mass is 355 g/mol. The van der Waals surface area contributed by atoms with Gasteiger partial charge in [-0.2, -0.15) is 0 Å². The molecule has 0 N–H and O–H groups in total. The smallest absolute Gasteiger partial charge is 0.237 e. The van der Waals surface area contributed by atoms with Crippen LogP contribution >= 0.6 is 15.9 Å². The van der Waals surface area contributed by atoms with Gasteiger partial charge in [0, 0.05) is 28.8 Å². The number of hydrogen-bond donors (Lipinski definition) is 0. The van der Waals surface area contributed by atoms with Crippen LogP contribution in [0.3, 0.4) is 0 Å². The minimum atomic E-state index is -0.973. The zero-order chi connectivity index (χ0) is 15.2. The Morgan fingerprint density at radius 1 is 1.43 bits per heavy atom. The summed E-state index contributed by atoms with van der Waals surface area (Å²) in [5, 5.41) is 3.10. The summed E-state index contributed by atoms with van der Waals surface area (Å²) in [5.74, 6) is -0.0980. The summed E-state index contributed by atoms with van der Waals surface area (Å²) < 4.78 is 30.2. The highest BCUT2D eigenvalue weighted by molar-refractivity contribution is 9.12. The first-order chi connectivity index (χ1) is 10.2. The second-order valence-corrected chi connectivity index (χ2v) is 5.01. The van der Waals surface area contributed by atoms with Crippen LogP contribution in [-0.2, 0) is 9.47 Å². The zero-order valence-corrected chi connectivity index (χ0v) is 12.8. The van der Waals surface area contributed by atoms with Gasteiger partial charge in [-0.25, -0.2) is 4.39 Å². The maximum Gasteiger partial charge on any atom is 0.237 e. The summed E-state index contributed by atoms with van der Waals surface area (Å²) in [6, 6.07) is 4.45. The molecule has 0 fully saturated rings. The normalized spacial score (nSPS) is 17.6. The number of allylic oxidation sites excluding steroid dienone is 2. The molecule has 1 unspecified atom stereocenters. The zero-order valence-electron chi connectivity index (χ0n) is 11.3. The van der Waals surface area contributed by atoms with E-state index in [1.165, 1.54) is 12.3 Å². The summed E-state index contributed by atoms with van der Waals surface area (Å²) >= 11 is 3.30. The van der Waals surface area contributed by atoms with Gasteiger partial charge in [-0.1, -0.05) is 15.9 Å². The first-order valence-electron chi connectivity index (χ1n) is 6.15. The van der Waals surface area contributed by atoms with Crippen LogP contribution in [0.1, 0.15) is 5.56 Å². The molecule has 0 aromatic heterocycles. The van der Waals surface area contributed by atoms with Gasteiger partial charge in [-0.15, -0.1) is 5.11 Å². The van der Waals surface area contributed by atoms with Gasteiger partial charge in [0.05, 0.1) is 12.9 Å². The lowest BCUT2D eigenvalue weighted by molar-refractivity contribution is 0.146. The van der Waals surface area contributed by atoms with Gasteiger partial charge in [0.25, 0.3) is 0 Å². The number of methoxy groups -OCH3 is 1. The average molecular weight is 356 g/mol. The quantitative estimate of drug-likeness (QED) is 0.581. The molecule has 0 saturated carbocycles. The molecular weight excluding hydrogens is 343 g/mol. The number of halogens is 2. The predicted octanol–water partition coefficient (Wildman–Crippen LogP) is 3.08. The lowest BCUT2D eigenvalue weighted by Crippen LogP contribution is -2.14. The van der Waals surface area contributed by atoms with Crippen LogP contribution in [0, 0.1) is 5.82 Å². The molecule has 0 aliphatic carbocycles. The molecule has 5 nitrogen and oxygen atoms in total. The Balaban J connectivity index is 2.27. The van der Waals surface area contributed by atoms with E-state index in [0.29, 0.717) is 29.0 Å². The maximum atomic E-state index is 14.3. The summed E-state index contributed by atoms with van der Waals surface area (Å²) in [7, 11) is 1.56. The largest absolute Gasteiger partial charge is 0.491 e. The lowest BCUT2D eigenvalue weighted by Gasteiger charge is -2.20. The molecule has 2 rings (SSSR count). The molecule has 0 amide bonds. The van der Waals surface area contributed by atoms with Crippen molar-refractivity contribution in [3.63, 3.8) is 0 Å². The van der Waals surface area contributed by atoms with Gasteiger partial charge in [-0.05, 0) is 23.7 Å². The molecule has 7 heteroatoms. The van der Waals surface area contributed by atoms with Gasteiger partial charge in [0.1, 0.15) is 18.2 Å².